The summed E-state index contributed by atoms with van der Waals surface area (Å²) in [5.74, 6) is 0. The molecule has 0 aliphatic carbocycles. The summed E-state index contributed by atoms with van der Waals surface area (Å²) in [5, 5.41) is 14.7. The van der Waals surface area contributed by atoms with Crippen LogP contribution in [0.5, 0.6) is 0 Å². The lowest BCUT2D eigenvalue weighted by Crippen LogP contribution is -2.42. The Balaban J connectivity index is 1.52. The molecule has 2 heterocycles. The molecule has 0 bridgehead atoms. The number of amides is 2. The van der Waals surface area contributed by atoms with E-state index in [1.165, 1.54) is 22.6 Å². The molecule has 2 amide bonds. The fourth-order valence-corrected chi connectivity index (χ4v) is 3.25. The van der Waals surface area contributed by atoms with Crippen molar-refractivity contribution in [2.45, 2.75) is 26.3 Å². The molecule has 6 nitrogen and oxygen atoms in total. The van der Waals surface area contributed by atoms with E-state index in [4.69, 9.17) is 0 Å². The van der Waals surface area contributed by atoms with Crippen molar-refractivity contribution < 1.29 is 4.79 Å². The number of hydrogen-bond acceptors (Lipinski definition) is 5. The summed E-state index contributed by atoms with van der Waals surface area (Å²) >= 11 is 1.36. The van der Waals surface area contributed by atoms with Crippen molar-refractivity contribution in [3.05, 3.63) is 34.8 Å². The fourth-order valence-electron chi connectivity index (χ4n) is 2.66. The predicted octanol–water partition coefficient (Wildman–Crippen LogP) is 2.42. The molecular formula is C15H19N5OS. The summed E-state index contributed by atoms with van der Waals surface area (Å²) in [4.78, 5) is 14.2. The highest BCUT2D eigenvalue weighted by atomic mass is 32.1. The van der Waals surface area contributed by atoms with Crippen LogP contribution < -0.4 is 15.5 Å². The number of fused-ring (bicyclic) bond motifs is 1. The van der Waals surface area contributed by atoms with Crippen LogP contribution in [0.15, 0.2) is 24.3 Å². The number of urea groups is 1. The number of anilines is 2. The van der Waals surface area contributed by atoms with Crippen LogP contribution in [0.3, 0.4) is 0 Å². The molecule has 0 unspecified atom stereocenters. The number of hydrogen-bond donors (Lipinski definition) is 2. The van der Waals surface area contributed by atoms with E-state index < -0.39 is 0 Å². The molecule has 1 aliphatic heterocycles. The first-order chi connectivity index (χ1) is 10.6. The van der Waals surface area contributed by atoms with Gasteiger partial charge in [0.2, 0.25) is 5.13 Å². The SMILES string of the molecule is Cc1nnc(NC(=O)NC[C@H](C)N2CCc3ccccc32)s1. The number of nitrogens with zero attached hydrogens (tertiary/aromatic N) is 3. The Morgan fingerprint density at radius 3 is 3.00 bits per heavy atom. The van der Waals surface area contributed by atoms with Gasteiger partial charge in [0.15, 0.2) is 0 Å². The van der Waals surface area contributed by atoms with Gasteiger partial charge in [-0.2, -0.15) is 0 Å². The lowest BCUT2D eigenvalue weighted by Gasteiger charge is -2.27. The Morgan fingerprint density at radius 1 is 1.41 bits per heavy atom. The second-order valence-corrected chi connectivity index (χ2v) is 6.56. The van der Waals surface area contributed by atoms with E-state index in [1.807, 2.05) is 6.92 Å². The summed E-state index contributed by atoms with van der Waals surface area (Å²) in [6, 6.07) is 8.44. The maximum atomic E-state index is 11.9. The van der Waals surface area contributed by atoms with Gasteiger partial charge in [0, 0.05) is 24.8 Å². The van der Waals surface area contributed by atoms with Crippen molar-refractivity contribution in [3.63, 3.8) is 0 Å². The zero-order chi connectivity index (χ0) is 15.5. The molecule has 7 heteroatoms. The third-order valence-electron chi connectivity index (χ3n) is 3.76. The van der Waals surface area contributed by atoms with Crippen LogP contribution in [0.2, 0.25) is 0 Å². The van der Waals surface area contributed by atoms with Crippen LogP contribution in [0.25, 0.3) is 0 Å². The highest BCUT2D eigenvalue weighted by Gasteiger charge is 2.23. The minimum atomic E-state index is -0.240. The lowest BCUT2D eigenvalue weighted by molar-refractivity contribution is 0.251. The normalized spacial score (nSPS) is 14.5. The number of nitrogens with one attached hydrogen (secondary N) is 2. The number of aromatic nitrogens is 2. The van der Waals surface area contributed by atoms with Crippen molar-refractivity contribution >= 4 is 28.2 Å². The summed E-state index contributed by atoms with van der Waals surface area (Å²) in [5.41, 5.74) is 2.65. The first-order valence-electron chi connectivity index (χ1n) is 7.33. The van der Waals surface area contributed by atoms with E-state index >= 15 is 0 Å². The number of rotatable bonds is 4. The topological polar surface area (TPSA) is 70.1 Å². The van der Waals surface area contributed by atoms with Crippen molar-refractivity contribution in [1.29, 1.82) is 0 Å². The van der Waals surface area contributed by atoms with E-state index in [2.05, 4.69) is 56.9 Å². The van der Waals surface area contributed by atoms with E-state index in [9.17, 15) is 4.79 Å². The molecular weight excluding hydrogens is 298 g/mol. The van der Waals surface area contributed by atoms with E-state index in [1.54, 1.807) is 0 Å². The molecule has 2 N–H and O–H groups in total. The van der Waals surface area contributed by atoms with Gasteiger partial charge in [0.05, 0.1) is 0 Å². The molecule has 2 aromatic rings. The van der Waals surface area contributed by atoms with E-state index in [0.717, 1.165) is 18.0 Å². The van der Waals surface area contributed by atoms with Gasteiger partial charge in [-0.05, 0) is 31.9 Å². The van der Waals surface area contributed by atoms with Crippen LogP contribution in [-0.4, -0.2) is 35.4 Å². The van der Waals surface area contributed by atoms with Crippen LogP contribution in [-0.2, 0) is 6.42 Å². The van der Waals surface area contributed by atoms with Crippen LogP contribution in [0.1, 0.15) is 17.5 Å². The van der Waals surface area contributed by atoms with Crippen molar-refractivity contribution in [2.24, 2.45) is 0 Å². The Kier molecular flexibility index (Phi) is 4.24. The number of carbonyl (C=O) groups excluding carboxylic acids is 1. The molecule has 1 aromatic carbocycles. The number of aryl methyl sites for hydroxylation is 1. The molecule has 0 saturated carbocycles. The molecule has 22 heavy (non-hydrogen) atoms. The summed E-state index contributed by atoms with van der Waals surface area (Å²) < 4.78 is 0. The van der Waals surface area contributed by atoms with Crippen LogP contribution in [0, 0.1) is 6.92 Å². The minimum absolute atomic E-state index is 0.240. The molecule has 0 spiro atoms. The van der Waals surface area contributed by atoms with E-state index in [0.29, 0.717) is 11.7 Å². The largest absolute Gasteiger partial charge is 0.366 e. The van der Waals surface area contributed by atoms with Gasteiger partial charge in [0.25, 0.3) is 0 Å². The zero-order valence-corrected chi connectivity index (χ0v) is 13.5. The Hall–Kier alpha value is -2.15. The third-order valence-corrected chi connectivity index (χ3v) is 4.51. The Morgan fingerprint density at radius 2 is 2.23 bits per heavy atom. The number of para-hydroxylation sites is 1. The molecule has 3 rings (SSSR count). The third kappa shape index (κ3) is 3.19. The Labute approximate surface area is 133 Å². The molecule has 0 saturated heterocycles. The average Bonchev–Trinajstić information content (AvgIpc) is 3.11. The maximum Gasteiger partial charge on any atom is 0.321 e. The second kappa shape index (κ2) is 6.31. The summed E-state index contributed by atoms with van der Waals surface area (Å²) in [6.07, 6.45) is 1.07. The monoisotopic (exact) mass is 317 g/mol. The van der Waals surface area contributed by atoms with E-state index in [-0.39, 0.29) is 12.1 Å². The second-order valence-electron chi connectivity index (χ2n) is 5.38. The zero-order valence-electron chi connectivity index (χ0n) is 12.7. The smallest absolute Gasteiger partial charge is 0.321 e. The summed E-state index contributed by atoms with van der Waals surface area (Å²) in [7, 11) is 0. The van der Waals surface area contributed by atoms with Crippen molar-refractivity contribution in [3.8, 4) is 0 Å². The van der Waals surface area contributed by atoms with Crippen molar-refractivity contribution in [2.75, 3.05) is 23.3 Å². The highest BCUT2D eigenvalue weighted by Crippen LogP contribution is 2.28. The predicted molar refractivity (Wildman–Crippen MR) is 88.6 cm³/mol. The average molecular weight is 317 g/mol. The van der Waals surface area contributed by atoms with Gasteiger partial charge in [-0.1, -0.05) is 29.5 Å². The molecule has 1 atom stereocenters. The van der Waals surface area contributed by atoms with Gasteiger partial charge in [-0.25, -0.2) is 4.79 Å². The quantitative estimate of drug-likeness (QED) is 0.908. The number of carbonyl (C=O) groups is 1. The van der Waals surface area contributed by atoms with Crippen molar-refractivity contribution in [1.82, 2.24) is 15.5 Å². The van der Waals surface area contributed by atoms with Crippen LogP contribution in [0.4, 0.5) is 15.6 Å². The maximum absolute atomic E-state index is 11.9. The van der Waals surface area contributed by atoms with Gasteiger partial charge in [-0.15, -0.1) is 10.2 Å². The first-order valence-corrected chi connectivity index (χ1v) is 8.14. The molecule has 1 aromatic heterocycles. The Bertz CT molecular complexity index is 671. The summed E-state index contributed by atoms with van der Waals surface area (Å²) in [6.45, 7) is 5.56. The molecule has 1 aliphatic rings. The molecule has 0 radical (unpaired) electrons. The highest BCUT2D eigenvalue weighted by molar-refractivity contribution is 7.15. The van der Waals surface area contributed by atoms with Gasteiger partial charge in [0.1, 0.15) is 5.01 Å². The first kappa shape index (κ1) is 14.8. The minimum Gasteiger partial charge on any atom is -0.366 e. The van der Waals surface area contributed by atoms with Gasteiger partial charge >= 0.3 is 6.03 Å². The molecule has 0 fully saturated rings. The lowest BCUT2D eigenvalue weighted by atomic mass is 10.2. The fraction of sp³-hybridized carbons (Fsp3) is 0.400. The van der Waals surface area contributed by atoms with Gasteiger partial charge < -0.3 is 10.2 Å². The standard InChI is InChI=1S/C15H19N5OS/c1-10(20-8-7-12-5-3-4-6-13(12)20)9-16-14(21)17-15-19-18-11(2)22-15/h3-6,10H,7-9H2,1-2H3,(H2,16,17,19,21)/t10-/m0/s1. The van der Waals surface area contributed by atoms with Gasteiger partial charge in [-0.3, -0.25) is 5.32 Å². The van der Waals surface area contributed by atoms with Crippen LogP contribution >= 0.6 is 11.3 Å². The number of benzene rings is 1. The molecule has 116 valence electrons.